The number of rotatable bonds is 8. The van der Waals surface area contributed by atoms with Crippen molar-refractivity contribution in [1.29, 1.82) is 0 Å². The monoisotopic (exact) mass is 352 g/mol. The average molecular weight is 352 g/mol. The molecule has 1 unspecified atom stereocenters. The number of carbonyl (C=O) groups is 2. The maximum Gasteiger partial charge on any atom is 0.255 e. The van der Waals surface area contributed by atoms with Crippen LogP contribution in [0.1, 0.15) is 68.3 Å². The van der Waals surface area contributed by atoms with Gasteiger partial charge in [-0.2, -0.15) is 0 Å². The Labute approximate surface area is 156 Å². The van der Waals surface area contributed by atoms with E-state index in [2.05, 4.69) is 37.5 Å². The molecule has 2 amide bonds. The maximum absolute atomic E-state index is 12.6. The van der Waals surface area contributed by atoms with Crippen LogP contribution in [0.5, 0.6) is 0 Å². The molecule has 26 heavy (non-hydrogen) atoms. The van der Waals surface area contributed by atoms with Gasteiger partial charge >= 0.3 is 0 Å². The van der Waals surface area contributed by atoms with Crippen LogP contribution in [0.4, 0.5) is 11.4 Å². The zero-order chi connectivity index (χ0) is 18.9. The fraction of sp³-hybridized carbons (Fsp3) is 0.364. The highest BCUT2D eigenvalue weighted by Crippen LogP contribution is 2.27. The van der Waals surface area contributed by atoms with Gasteiger partial charge in [-0.05, 0) is 54.7 Å². The van der Waals surface area contributed by atoms with Crippen molar-refractivity contribution in [3.05, 3.63) is 59.7 Å². The lowest BCUT2D eigenvalue weighted by atomic mass is 9.97. The Balaban J connectivity index is 2.04. The molecular weight excluding hydrogens is 324 g/mol. The first kappa shape index (κ1) is 19.7. The first-order valence-electron chi connectivity index (χ1n) is 9.35. The van der Waals surface area contributed by atoms with Crippen molar-refractivity contribution in [2.45, 2.75) is 52.4 Å². The molecule has 0 aliphatic rings. The molecule has 0 heterocycles. The smallest absolute Gasteiger partial charge is 0.255 e. The summed E-state index contributed by atoms with van der Waals surface area (Å²) in [5, 5.41) is 5.86. The van der Waals surface area contributed by atoms with E-state index >= 15 is 0 Å². The number of hydrogen-bond donors (Lipinski definition) is 2. The molecule has 1 atom stereocenters. The molecular formula is C22H28N2O2. The van der Waals surface area contributed by atoms with Gasteiger partial charge in [-0.25, -0.2) is 0 Å². The number of unbranched alkanes of at least 4 members (excludes halogenated alkanes) is 1. The van der Waals surface area contributed by atoms with Crippen LogP contribution in [0.25, 0.3) is 0 Å². The molecule has 4 heteroatoms. The van der Waals surface area contributed by atoms with Crippen molar-refractivity contribution in [2.75, 3.05) is 10.6 Å². The first-order chi connectivity index (χ1) is 12.5. The summed E-state index contributed by atoms with van der Waals surface area (Å²) < 4.78 is 0. The maximum atomic E-state index is 12.6. The molecule has 0 saturated heterocycles. The molecule has 2 aromatic carbocycles. The molecule has 2 N–H and O–H groups in total. The average Bonchev–Trinajstić information content (AvgIpc) is 2.66. The number of benzene rings is 2. The Morgan fingerprint density at radius 1 is 0.962 bits per heavy atom. The van der Waals surface area contributed by atoms with Gasteiger partial charge in [-0.3, -0.25) is 9.59 Å². The second kappa shape index (κ2) is 9.76. The van der Waals surface area contributed by atoms with E-state index in [4.69, 9.17) is 0 Å². The van der Waals surface area contributed by atoms with E-state index in [1.807, 2.05) is 18.2 Å². The second-order valence-electron chi connectivity index (χ2n) is 6.58. The number of amides is 2. The zero-order valence-corrected chi connectivity index (χ0v) is 15.8. The third-order valence-corrected chi connectivity index (χ3v) is 4.54. The molecule has 138 valence electrons. The number of para-hydroxylation sites is 1. The predicted molar refractivity (Wildman–Crippen MR) is 108 cm³/mol. The molecule has 0 aliphatic heterocycles. The largest absolute Gasteiger partial charge is 0.326 e. The van der Waals surface area contributed by atoms with E-state index in [1.54, 1.807) is 24.3 Å². The third-order valence-electron chi connectivity index (χ3n) is 4.54. The van der Waals surface area contributed by atoms with Gasteiger partial charge in [0.25, 0.3) is 5.91 Å². The molecule has 0 aliphatic carbocycles. The van der Waals surface area contributed by atoms with Crippen LogP contribution in [0, 0.1) is 0 Å². The van der Waals surface area contributed by atoms with Gasteiger partial charge in [0, 0.05) is 23.4 Å². The standard InChI is InChI=1S/C22H28N2O2/c1-4-6-11-21(25)23-18-14-12-17(13-15-18)22(26)24-20-10-8-7-9-19(20)16(3)5-2/h7-10,12-16H,4-6,11H2,1-3H3,(H,23,25)(H,24,26). The fourth-order valence-corrected chi connectivity index (χ4v) is 2.72. The van der Waals surface area contributed by atoms with Crippen LogP contribution in [-0.2, 0) is 4.79 Å². The van der Waals surface area contributed by atoms with Crippen LogP contribution < -0.4 is 10.6 Å². The Morgan fingerprint density at radius 2 is 1.65 bits per heavy atom. The quantitative estimate of drug-likeness (QED) is 0.651. The number of hydrogen-bond acceptors (Lipinski definition) is 2. The minimum atomic E-state index is -0.149. The van der Waals surface area contributed by atoms with Gasteiger partial charge in [0.05, 0.1) is 0 Å². The zero-order valence-electron chi connectivity index (χ0n) is 15.8. The summed E-state index contributed by atoms with van der Waals surface area (Å²) in [4.78, 5) is 24.3. The van der Waals surface area contributed by atoms with Gasteiger partial charge in [0.15, 0.2) is 0 Å². The van der Waals surface area contributed by atoms with Crippen LogP contribution >= 0.6 is 0 Å². The molecule has 0 aromatic heterocycles. The number of carbonyl (C=O) groups excluding carboxylic acids is 2. The third kappa shape index (κ3) is 5.45. The van der Waals surface area contributed by atoms with E-state index in [1.165, 1.54) is 0 Å². The Hall–Kier alpha value is -2.62. The second-order valence-corrected chi connectivity index (χ2v) is 6.58. The molecule has 0 radical (unpaired) electrons. The summed E-state index contributed by atoms with van der Waals surface area (Å²) in [6.45, 7) is 6.35. The normalized spacial score (nSPS) is 11.7. The highest BCUT2D eigenvalue weighted by Gasteiger charge is 2.12. The van der Waals surface area contributed by atoms with Crippen LogP contribution in [0.15, 0.2) is 48.5 Å². The molecule has 2 rings (SSSR count). The van der Waals surface area contributed by atoms with Crippen molar-refractivity contribution in [3.8, 4) is 0 Å². The SMILES string of the molecule is CCCCC(=O)Nc1ccc(C(=O)Nc2ccccc2C(C)CC)cc1. The van der Waals surface area contributed by atoms with Crippen LogP contribution in [-0.4, -0.2) is 11.8 Å². The summed E-state index contributed by atoms with van der Waals surface area (Å²) in [7, 11) is 0. The van der Waals surface area contributed by atoms with Crippen molar-refractivity contribution >= 4 is 23.2 Å². The lowest BCUT2D eigenvalue weighted by Gasteiger charge is -2.15. The molecule has 0 saturated carbocycles. The van der Waals surface area contributed by atoms with Gasteiger partial charge < -0.3 is 10.6 Å². The lowest BCUT2D eigenvalue weighted by molar-refractivity contribution is -0.116. The minimum Gasteiger partial charge on any atom is -0.326 e. The minimum absolute atomic E-state index is 0.00605. The highest BCUT2D eigenvalue weighted by atomic mass is 16.2. The summed E-state index contributed by atoms with van der Waals surface area (Å²) in [5.41, 5.74) is 3.27. The number of nitrogens with one attached hydrogen (secondary N) is 2. The number of anilines is 2. The Morgan fingerprint density at radius 3 is 2.31 bits per heavy atom. The molecule has 4 nitrogen and oxygen atoms in total. The van der Waals surface area contributed by atoms with E-state index < -0.39 is 0 Å². The van der Waals surface area contributed by atoms with Gasteiger partial charge in [0.2, 0.25) is 5.91 Å². The van der Waals surface area contributed by atoms with Crippen molar-refractivity contribution in [1.82, 2.24) is 0 Å². The lowest BCUT2D eigenvalue weighted by Crippen LogP contribution is -2.14. The topological polar surface area (TPSA) is 58.2 Å². The van der Waals surface area contributed by atoms with Gasteiger partial charge in [0.1, 0.15) is 0 Å². The Bertz CT molecular complexity index is 738. The van der Waals surface area contributed by atoms with Gasteiger partial charge in [-0.15, -0.1) is 0 Å². The summed E-state index contributed by atoms with van der Waals surface area (Å²) in [5.74, 6) is 0.239. The molecule has 0 spiro atoms. The predicted octanol–water partition coefficient (Wildman–Crippen LogP) is 5.58. The fourth-order valence-electron chi connectivity index (χ4n) is 2.72. The van der Waals surface area contributed by atoms with Crippen molar-refractivity contribution in [2.24, 2.45) is 0 Å². The van der Waals surface area contributed by atoms with Crippen molar-refractivity contribution < 1.29 is 9.59 Å². The Kier molecular flexibility index (Phi) is 7.39. The summed E-state index contributed by atoms with van der Waals surface area (Å²) in [6.07, 6.45) is 3.40. The van der Waals surface area contributed by atoms with Gasteiger partial charge in [-0.1, -0.05) is 45.4 Å². The van der Waals surface area contributed by atoms with E-state index in [9.17, 15) is 9.59 Å². The summed E-state index contributed by atoms with van der Waals surface area (Å²) >= 11 is 0. The van der Waals surface area contributed by atoms with Crippen LogP contribution in [0.2, 0.25) is 0 Å². The first-order valence-corrected chi connectivity index (χ1v) is 9.35. The van der Waals surface area contributed by atoms with Crippen molar-refractivity contribution in [3.63, 3.8) is 0 Å². The van der Waals surface area contributed by atoms with E-state index in [0.717, 1.165) is 30.5 Å². The molecule has 0 bridgehead atoms. The van der Waals surface area contributed by atoms with E-state index in [-0.39, 0.29) is 11.8 Å². The molecule has 2 aromatic rings. The molecule has 0 fully saturated rings. The summed E-state index contributed by atoms with van der Waals surface area (Å²) in [6, 6.07) is 14.9. The van der Waals surface area contributed by atoms with E-state index in [0.29, 0.717) is 23.6 Å². The highest BCUT2D eigenvalue weighted by molar-refractivity contribution is 6.05. The van der Waals surface area contributed by atoms with Crippen LogP contribution in [0.3, 0.4) is 0 Å².